The Kier molecular flexibility index (Phi) is 7.88. The number of ether oxygens (including phenoxy) is 2. The molecule has 0 unspecified atom stereocenters. The first kappa shape index (κ1) is 27.0. The van der Waals surface area contributed by atoms with Gasteiger partial charge in [-0.2, -0.15) is 0 Å². The zero-order chi connectivity index (χ0) is 28.2. The van der Waals surface area contributed by atoms with Gasteiger partial charge in [0.1, 0.15) is 23.0 Å². The normalized spacial score (nSPS) is 13.6. The highest BCUT2D eigenvalue weighted by molar-refractivity contribution is 6.34. The molecule has 4 aromatic rings. The van der Waals surface area contributed by atoms with Gasteiger partial charge >= 0.3 is 6.03 Å². The fourth-order valence-corrected chi connectivity index (χ4v) is 4.99. The van der Waals surface area contributed by atoms with E-state index >= 15 is 0 Å². The van der Waals surface area contributed by atoms with Crippen LogP contribution < -0.4 is 20.1 Å². The van der Waals surface area contributed by atoms with Crippen molar-refractivity contribution in [2.45, 2.75) is 25.7 Å². The molecule has 2 aromatic heterocycles. The van der Waals surface area contributed by atoms with E-state index in [0.29, 0.717) is 46.9 Å². The van der Waals surface area contributed by atoms with E-state index in [4.69, 9.17) is 25.6 Å². The Morgan fingerprint density at radius 2 is 1.93 bits per heavy atom. The number of carbonyl (C=O) groups is 2. The summed E-state index contributed by atoms with van der Waals surface area (Å²) in [5.74, 6) is 2.89. The molecule has 2 N–H and O–H groups in total. The SMILES string of the molecule is C=CC(=O)N1CCC(c2cc3c(Oc4ccc(NC(=O)Nc5cc(C)on5)c(Cl)c4)ccnc3cc2OC)CC1. The van der Waals surface area contributed by atoms with Crippen molar-refractivity contribution in [1.82, 2.24) is 15.0 Å². The quantitative estimate of drug-likeness (QED) is 0.246. The number of nitrogens with zero attached hydrogens (tertiary/aromatic N) is 3. The van der Waals surface area contributed by atoms with Crippen molar-refractivity contribution in [1.29, 1.82) is 0 Å². The molecule has 0 spiro atoms. The molecule has 206 valence electrons. The van der Waals surface area contributed by atoms with E-state index < -0.39 is 6.03 Å². The summed E-state index contributed by atoms with van der Waals surface area (Å²) in [6.07, 6.45) is 4.65. The van der Waals surface area contributed by atoms with Crippen LogP contribution in [0.2, 0.25) is 5.02 Å². The summed E-state index contributed by atoms with van der Waals surface area (Å²) >= 11 is 6.46. The Morgan fingerprint density at radius 1 is 1.12 bits per heavy atom. The van der Waals surface area contributed by atoms with Crippen LogP contribution >= 0.6 is 11.6 Å². The summed E-state index contributed by atoms with van der Waals surface area (Å²) in [6, 6.07) is 11.8. The van der Waals surface area contributed by atoms with E-state index in [0.717, 1.165) is 35.1 Å². The summed E-state index contributed by atoms with van der Waals surface area (Å²) in [6.45, 7) is 6.63. The van der Waals surface area contributed by atoms with Gasteiger partial charge in [-0.15, -0.1) is 0 Å². The molecule has 0 atom stereocenters. The molecule has 3 heterocycles. The number of carbonyl (C=O) groups excluding carboxylic acids is 2. The minimum Gasteiger partial charge on any atom is -0.496 e. The van der Waals surface area contributed by atoms with Gasteiger partial charge in [-0.05, 0) is 61.6 Å². The standard InChI is InChI=1S/C29H28ClN5O5/c1-4-28(36)35-11-8-18(9-12-35)20-15-21-24(16-26(20)38-3)31-10-7-25(21)39-19-5-6-23(22(30)14-19)32-29(37)33-27-13-17(2)40-34-27/h4-7,10,13-16,18H,1,8-9,11-12H2,2-3H3,(H2,32,33,34,37). The van der Waals surface area contributed by atoms with Crippen LogP contribution in [0.5, 0.6) is 17.2 Å². The Hall–Kier alpha value is -4.57. The number of halogens is 1. The third kappa shape index (κ3) is 5.86. The molecular formula is C29H28ClN5O5. The van der Waals surface area contributed by atoms with Crippen molar-refractivity contribution in [2.24, 2.45) is 0 Å². The lowest BCUT2D eigenvalue weighted by atomic mass is 9.87. The fraction of sp³-hybridized carbons (Fsp3) is 0.241. The van der Waals surface area contributed by atoms with Gasteiger partial charge in [-0.25, -0.2) is 4.79 Å². The molecule has 0 radical (unpaired) electrons. The van der Waals surface area contributed by atoms with Crippen LogP contribution in [0.3, 0.4) is 0 Å². The van der Waals surface area contributed by atoms with Crippen molar-refractivity contribution >= 4 is 45.9 Å². The topological polar surface area (TPSA) is 119 Å². The first-order valence-electron chi connectivity index (χ1n) is 12.7. The van der Waals surface area contributed by atoms with E-state index in [1.165, 1.54) is 6.08 Å². The van der Waals surface area contributed by atoms with Crippen molar-refractivity contribution in [3.05, 3.63) is 77.7 Å². The third-order valence-corrected chi connectivity index (χ3v) is 7.07. The smallest absolute Gasteiger partial charge is 0.324 e. The second kappa shape index (κ2) is 11.7. The highest BCUT2D eigenvalue weighted by atomic mass is 35.5. The number of methoxy groups -OCH3 is 1. The Labute approximate surface area is 235 Å². The number of likely N-dealkylation sites (tertiary alicyclic amines) is 1. The van der Waals surface area contributed by atoms with Crippen LogP contribution in [0.1, 0.15) is 30.1 Å². The molecule has 1 fully saturated rings. The predicted octanol–water partition coefficient (Wildman–Crippen LogP) is 6.52. The molecule has 0 bridgehead atoms. The van der Waals surface area contributed by atoms with Gasteiger partial charge in [-0.3, -0.25) is 15.1 Å². The van der Waals surface area contributed by atoms with Gasteiger partial charge in [0.15, 0.2) is 5.82 Å². The minimum atomic E-state index is -0.509. The van der Waals surface area contributed by atoms with Gasteiger partial charge in [0.05, 0.1) is 23.3 Å². The number of nitrogens with one attached hydrogen (secondary N) is 2. The molecular weight excluding hydrogens is 534 g/mol. The molecule has 10 nitrogen and oxygen atoms in total. The Morgan fingerprint density at radius 3 is 2.60 bits per heavy atom. The highest BCUT2D eigenvalue weighted by Crippen LogP contribution is 2.40. The lowest BCUT2D eigenvalue weighted by Crippen LogP contribution is -2.36. The second-order valence-corrected chi connectivity index (χ2v) is 9.78. The van der Waals surface area contributed by atoms with Crippen LogP contribution in [0, 0.1) is 6.92 Å². The van der Waals surface area contributed by atoms with Gasteiger partial charge < -0.3 is 24.2 Å². The van der Waals surface area contributed by atoms with Gasteiger partial charge in [0.25, 0.3) is 0 Å². The second-order valence-electron chi connectivity index (χ2n) is 9.37. The molecule has 0 saturated carbocycles. The third-order valence-electron chi connectivity index (χ3n) is 6.76. The summed E-state index contributed by atoms with van der Waals surface area (Å²) in [7, 11) is 1.64. The van der Waals surface area contributed by atoms with Crippen molar-refractivity contribution in [3.63, 3.8) is 0 Å². The number of urea groups is 1. The average molecular weight is 562 g/mol. The van der Waals surface area contributed by atoms with Crippen molar-refractivity contribution in [3.8, 4) is 17.2 Å². The Balaban J connectivity index is 1.35. The van der Waals surface area contributed by atoms with Crippen LogP contribution in [-0.4, -0.2) is 47.2 Å². The van der Waals surface area contributed by atoms with E-state index in [-0.39, 0.29) is 11.8 Å². The first-order valence-corrected chi connectivity index (χ1v) is 13.1. The van der Waals surface area contributed by atoms with E-state index in [2.05, 4.69) is 33.4 Å². The number of aromatic nitrogens is 2. The number of rotatable bonds is 7. The lowest BCUT2D eigenvalue weighted by Gasteiger charge is -2.32. The largest absolute Gasteiger partial charge is 0.496 e. The maximum Gasteiger partial charge on any atom is 0.324 e. The number of hydrogen-bond acceptors (Lipinski definition) is 7. The molecule has 5 rings (SSSR count). The minimum absolute atomic E-state index is 0.0469. The van der Waals surface area contributed by atoms with Gasteiger partial charge in [0.2, 0.25) is 5.91 Å². The number of benzene rings is 2. The van der Waals surface area contributed by atoms with E-state index in [1.54, 1.807) is 50.6 Å². The van der Waals surface area contributed by atoms with Crippen molar-refractivity contribution in [2.75, 3.05) is 30.8 Å². The summed E-state index contributed by atoms with van der Waals surface area (Å²) in [5, 5.41) is 10.1. The molecule has 1 saturated heterocycles. The number of pyridine rings is 1. The summed E-state index contributed by atoms with van der Waals surface area (Å²) < 4.78 is 16.9. The molecule has 40 heavy (non-hydrogen) atoms. The van der Waals surface area contributed by atoms with Crippen LogP contribution in [0.15, 0.2) is 65.8 Å². The first-order chi connectivity index (χ1) is 19.3. The summed E-state index contributed by atoms with van der Waals surface area (Å²) in [5.41, 5.74) is 2.17. The number of piperidine rings is 1. The zero-order valence-electron chi connectivity index (χ0n) is 22.1. The van der Waals surface area contributed by atoms with Crippen LogP contribution in [-0.2, 0) is 4.79 Å². The molecule has 1 aliphatic rings. The van der Waals surface area contributed by atoms with Gasteiger partial charge in [-0.1, -0.05) is 23.3 Å². The molecule has 11 heteroatoms. The molecule has 3 amide bonds. The maximum absolute atomic E-state index is 12.3. The Bertz CT molecular complexity index is 1580. The maximum atomic E-state index is 12.3. The summed E-state index contributed by atoms with van der Waals surface area (Å²) in [4.78, 5) is 30.7. The lowest BCUT2D eigenvalue weighted by molar-refractivity contribution is -0.127. The fourth-order valence-electron chi connectivity index (χ4n) is 4.77. The molecule has 1 aliphatic heterocycles. The number of hydrogen-bond donors (Lipinski definition) is 2. The number of aryl methyl sites for hydroxylation is 1. The number of anilines is 2. The number of amides is 3. The van der Waals surface area contributed by atoms with Crippen molar-refractivity contribution < 1.29 is 23.6 Å². The zero-order valence-corrected chi connectivity index (χ0v) is 22.8. The molecule has 0 aliphatic carbocycles. The monoisotopic (exact) mass is 561 g/mol. The predicted molar refractivity (Wildman–Crippen MR) is 152 cm³/mol. The highest BCUT2D eigenvalue weighted by Gasteiger charge is 2.26. The van der Waals surface area contributed by atoms with Crippen LogP contribution in [0.4, 0.5) is 16.3 Å². The van der Waals surface area contributed by atoms with E-state index in [1.807, 2.05) is 11.0 Å². The average Bonchev–Trinajstić information content (AvgIpc) is 3.37. The van der Waals surface area contributed by atoms with Gasteiger partial charge in [0, 0.05) is 42.9 Å². The molecule has 2 aromatic carbocycles. The van der Waals surface area contributed by atoms with Crippen LogP contribution in [0.25, 0.3) is 10.9 Å². The number of fused-ring (bicyclic) bond motifs is 1. The van der Waals surface area contributed by atoms with E-state index in [9.17, 15) is 9.59 Å².